The molecule has 0 atom stereocenters. The van der Waals surface area contributed by atoms with Crippen molar-refractivity contribution in [1.82, 2.24) is 20.0 Å². The molecule has 4 heterocycles. The topological polar surface area (TPSA) is 87.8 Å². The Morgan fingerprint density at radius 1 is 0.967 bits per heavy atom. The molecule has 0 bridgehead atoms. The molecule has 9 nitrogen and oxygen atoms in total. The number of hydrogen-bond donors (Lipinski definition) is 0. The van der Waals surface area contributed by atoms with Gasteiger partial charge in [-0.3, -0.25) is 4.79 Å². The quantitative estimate of drug-likeness (QED) is 0.749. The van der Waals surface area contributed by atoms with E-state index in [1.54, 1.807) is 0 Å². The van der Waals surface area contributed by atoms with Crippen molar-refractivity contribution in [3.05, 3.63) is 28.8 Å². The van der Waals surface area contributed by atoms with Gasteiger partial charge >= 0.3 is 0 Å². The van der Waals surface area contributed by atoms with E-state index in [0.29, 0.717) is 32.0 Å². The fourth-order valence-corrected chi connectivity index (χ4v) is 4.44. The van der Waals surface area contributed by atoms with Crippen LogP contribution in [0.1, 0.15) is 40.3 Å². The minimum absolute atomic E-state index is 0.00516. The number of ether oxygens (including phenoxy) is 1. The van der Waals surface area contributed by atoms with Crippen molar-refractivity contribution in [2.24, 2.45) is 0 Å². The van der Waals surface area contributed by atoms with Crippen LogP contribution < -0.4 is 9.80 Å². The van der Waals surface area contributed by atoms with E-state index in [0.717, 1.165) is 80.6 Å². The lowest BCUT2D eigenvalue weighted by Crippen LogP contribution is -2.49. The van der Waals surface area contributed by atoms with Gasteiger partial charge in [-0.2, -0.15) is 4.98 Å². The Hall–Kier alpha value is -2.68. The molecule has 0 radical (unpaired) electrons. The van der Waals surface area contributed by atoms with Crippen LogP contribution in [0.2, 0.25) is 0 Å². The van der Waals surface area contributed by atoms with Crippen molar-refractivity contribution in [2.75, 3.05) is 62.3 Å². The molecule has 1 aliphatic carbocycles. The van der Waals surface area contributed by atoms with Crippen LogP contribution in [0.3, 0.4) is 0 Å². The van der Waals surface area contributed by atoms with Gasteiger partial charge in [0, 0.05) is 63.0 Å². The molecule has 2 fully saturated rings. The molecule has 30 heavy (non-hydrogen) atoms. The Balaban J connectivity index is 1.26. The smallest absolute Gasteiger partial charge is 0.276 e. The maximum absolute atomic E-state index is 13.0. The molecule has 0 saturated carbocycles. The number of amides is 1. The lowest BCUT2D eigenvalue weighted by Gasteiger charge is -2.36. The first kappa shape index (κ1) is 19.3. The maximum atomic E-state index is 13.0. The molecule has 0 N–H and O–H groups in total. The normalized spacial score (nSPS) is 19.7. The van der Waals surface area contributed by atoms with Gasteiger partial charge < -0.3 is 24.0 Å². The molecule has 2 aliphatic heterocycles. The van der Waals surface area contributed by atoms with E-state index in [9.17, 15) is 4.79 Å². The van der Waals surface area contributed by atoms with E-state index in [4.69, 9.17) is 14.2 Å². The zero-order valence-corrected chi connectivity index (χ0v) is 17.5. The summed E-state index contributed by atoms with van der Waals surface area (Å²) in [5, 5.41) is 4.11. The number of rotatable bonds is 3. The lowest BCUT2D eigenvalue weighted by molar-refractivity contribution is 0.0735. The molecular formula is C21H28N6O3. The van der Waals surface area contributed by atoms with Crippen LogP contribution in [0.25, 0.3) is 0 Å². The highest BCUT2D eigenvalue weighted by atomic mass is 16.5. The van der Waals surface area contributed by atoms with Gasteiger partial charge in [-0.05, 0) is 26.2 Å². The summed E-state index contributed by atoms with van der Waals surface area (Å²) in [5.74, 6) is 2.58. The fourth-order valence-electron chi connectivity index (χ4n) is 4.44. The van der Waals surface area contributed by atoms with Gasteiger partial charge in [0.25, 0.3) is 5.91 Å². The number of fused-ring (bicyclic) bond motifs is 1. The highest BCUT2D eigenvalue weighted by Gasteiger charge is 2.30. The molecule has 1 amide bonds. The second kappa shape index (κ2) is 8.22. The number of nitrogens with zero attached hydrogens (tertiary/aromatic N) is 6. The molecule has 3 aliphatic rings. The molecule has 5 rings (SSSR count). The van der Waals surface area contributed by atoms with Crippen LogP contribution in [0, 0.1) is 6.92 Å². The number of aryl methyl sites for hydroxylation is 2. The van der Waals surface area contributed by atoms with Crippen LogP contribution in [0.15, 0.2) is 10.6 Å². The van der Waals surface area contributed by atoms with E-state index in [-0.39, 0.29) is 5.91 Å². The Labute approximate surface area is 176 Å². The molecular weight excluding hydrogens is 384 g/mol. The number of anilines is 2. The summed E-state index contributed by atoms with van der Waals surface area (Å²) < 4.78 is 10.9. The third-order valence-electron chi connectivity index (χ3n) is 6.17. The molecule has 2 aromatic rings. The Bertz CT molecular complexity index is 915. The molecule has 2 saturated heterocycles. The number of carbonyl (C=O) groups is 1. The summed E-state index contributed by atoms with van der Waals surface area (Å²) >= 11 is 0. The number of hydrogen-bond acceptors (Lipinski definition) is 8. The summed E-state index contributed by atoms with van der Waals surface area (Å²) in [5.41, 5.74) is 2.50. The highest BCUT2D eigenvalue weighted by Crippen LogP contribution is 2.26. The average Bonchev–Trinajstić information content (AvgIpc) is 3.23. The van der Waals surface area contributed by atoms with Gasteiger partial charge in [-0.1, -0.05) is 5.16 Å². The second-order valence-corrected chi connectivity index (χ2v) is 8.19. The van der Waals surface area contributed by atoms with Gasteiger partial charge in [-0.25, -0.2) is 4.98 Å². The van der Waals surface area contributed by atoms with Crippen LogP contribution in [-0.4, -0.2) is 78.4 Å². The second-order valence-electron chi connectivity index (χ2n) is 8.19. The van der Waals surface area contributed by atoms with Gasteiger partial charge in [0.15, 0.2) is 5.69 Å². The van der Waals surface area contributed by atoms with Crippen molar-refractivity contribution in [3.8, 4) is 0 Å². The number of carbonyl (C=O) groups excluding carboxylic acids is 1. The predicted molar refractivity (Wildman–Crippen MR) is 111 cm³/mol. The van der Waals surface area contributed by atoms with Crippen molar-refractivity contribution >= 4 is 17.7 Å². The standard InChI is InChI=1S/C21H28N6O3/c1-15-14-18(23-21(22-15)27-10-12-29-13-11-27)25-6-8-26(9-7-25)20(28)19-16-4-2-3-5-17(16)30-24-19/h14H,2-13H2,1H3. The van der Waals surface area contributed by atoms with Crippen molar-refractivity contribution in [1.29, 1.82) is 0 Å². The molecule has 0 unspecified atom stereocenters. The molecule has 2 aromatic heterocycles. The summed E-state index contributed by atoms with van der Waals surface area (Å²) in [6.07, 6.45) is 3.99. The summed E-state index contributed by atoms with van der Waals surface area (Å²) in [4.78, 5) is 28.8. The summed E-state index contributed by atoms with van der Waals surface area (Å²) in [6, 6.07) is 2.02. The van der Waals surface area contributed by atoms with Crippen molar-refractivity contribution in [2.45, 2.75) is 32.6 Å². The third kappa shape index (κ3) is 3.74. The van der Waals surface area contributed by atoms with E-state index in [2.05, 4.69) is 19.9 Å². The number of morpholine rings is 1. The largest absolute Gasteiger partial charge is 0.378 e. The first-order chi connectivity index (χ1) is 14.7. The van der Waals surface area contributed by atoms with Crippen molar-refractivity contribution < 1.29 is 14.1 Å². The highest BCUT2D eigenvalue weighted by molar-refractivity contribution is 5.94. The molecule has 0 aromatic carbocycles. The fraction of sp³-hybridized carbons (Fsp3) is 0.619. The molecule has 0 spiro atoms. The lowest BCUT2D eigenvalue weighted by atomic mass is 9.96. The minimum Gasteiger partial charge on any atom is -0.378 e. The van der Waals surface area contributed by atoms with Crippen LogP contribution in [-0.2, 0) is 17.6 Å². The van der Waals surface area contributed by atoms with E-state index < -0.39 is 0 Å². The Morgan fingerprint density at radius 2 is 1.73 bits per heavy atom. The molecule has 160 valence electrons. The van der Waals surface area contributed by atoms with E-state index in [1.165, 1.54) is 0 Å². The van der Waals surface area contributed by atoms with E-state index in [1.807, 2.05) is 17.9 Å². The Morgan fingerprint density at radius 3 is 2.53 bits per heavy atom. The first-order valence-electron chi connectivity index (χ1n) is 10.9. The number of piperazine rings is 1. The first-order valence-corrected chi connectivity index (χ1v) is 10.9. The SMILES string of the molecule is Cc1cc(N2CCN(C(=O)c3noc4c3CCCC4)CC2)nc(N2CCOCC2)n1. The van der Waals surface area contributed by atoms with E-state index >= 15 is 0 Å². The maximum Gasteiger partial charge on any atom is 0.276 e. The summed E-state index contributed by atoms with van der Waals surface area (Å²) in [7, 11) is 0. The minimum atomic E-state index is -0.00516. The van der Waals surface area contributed by atoms with Crippen LogP contribution in [0.5, 0.6) is 0 Å². The zero-order valence-electron chi connectivity index (χ0n) is 17.5. The average molecular weight is 412 g/mol. The van der Waals surface area contributed by atoms with Gasteiger partial charge in [0.1, 0.15) is 11.6 Å². The summed E-state index contributed by atoms with van der Waals surface area (Å²) in [6.45, 7) is 7.82. The number of aromatic nitrogens is 3. The van der Waals surface area contributed by atoms with Crippen molar-refractivity contribution in [3.63, 3.8) is 0 Å². The molecule has 9 heteroatoms. The Kier molecular flexibility index (Phi) is 5.28. The van der Waals surface area contributed by atoms with Gasteiger partial charge in [-0.15, -0.1) is 0 Å². The predicted octanol–water partition coefficient (Wildman–Crippen LogP) is 1.45. The third-order valence-corrected chi connectivity index (χ3v) is 6.17. The monoisotopic (exact) mass is 412 g/mol. The zero-order chi connectivity index (χ0) is 20.5. The van der Waals surface area contributed by atoms with Gasteiger partial charge in [0.2, 0.25) is 5.95 Å². The van der Waals surface area contributed by atoms with Gasteiger partial charge in [0.05, 0.1) is 13.2 Å². The van der Waals surface area contributed by atoms with Crippen LogP contribution >= 0.6 is 0 Å². The van der Waals surface area contributed by atoms with Crippen LogP contribution in [0.4, 0.5) is 11.8 Å².